The molecular formula is C14H21FO2Si. The maximum atomic E-state index is 13.4. The Labute approximate surface area is 109 Å². The fourth-order valence-electron chi connectivity index (χ4n) is 1.24. The van der Waals surface area contributed by atoms with Gasteiger partial charge in [-0.05, 0) is 35.8 Å². The molecule has 0 aliphatic heterocycles. The van der Waals surface area contributed by atoms with Crippen molar-refractivity contribution in [3.63, 3.8) is 0 Å². The van der Waals surface area contributed by atoms with Gasteiger partial charge in [-0.3, -0.25) is 4.79 Å². The van der Waals surface area contributed by atoms with E-state index in [0.29, 0.717) is 12.9 Å². The fraction of sp³-hybridized carbons (Fsp3) is 0.500. The van der Waals surface area contributed by atoms with E-state index in [4.69, 9.17) is 4.43 Å². The Morgan fingerprint density at radius 3 is 2.39 bits per heavy atom. The third kappa shape index (κ3) is 3.49. The fourth-order valence-corrected chi connectivity index (χ4v) is 2.20. The molecule has 0 spiro atoms. The van der Waals surface area contributed by atoms with Gasteiger partial charge in [0, 0.05) is 0 Å². The van der Waals surface area contributed by atoms with Gasteiger partial charge < -0.3 is 4.43 Å². The van der Waals surface area contributed by atoms with E-state index in [-0.39, 0.29) is 10.6 Å². The van der Waals surface area contributed by atoms with Crippen molar-refractivity contribution in [2.24, 2.45) is 0 Å². The predicted octanol–water partition coefficient (Wildman–Crippen LogP) is 4.16. The lowest BCUT2D eigenvalue weighted by Crippen LogP contribution is -2.40. The predicted molar refractivity (Wildman–Crippen MR) is 73.8 cm³/mol. The lowest BCUT2D eigenvalue weighted by Gasteiger charge is -2.36. The van der Waals surface area contributed by atoms with Crippen molar-refractivity contribution in [3.8, 4) is 0 Å². The van der Waals surface area contributed by atoms with Crippen LogP contribution in [0.5, 0.6) is 0 Å². The van der Waals surface area contributed by atoms with E-state index < -0.39 is 14.1 Å². The first-order valence-electron chi connectivity index (χ1n) is 6.05. The molecule has 0 heterocycles. The molecule has 0 aliphatic carbocycles. The van der Waals surface area contributed by atoms with Crippen LogP contribution in [0, 0.1) is 5.82 Å². The molecule has 1 aromatic carbocycles. The molecule has 4 heteroatoms. The highest BCUT2D eigenvalue weighted by atomic mass is 28.4. The van der Waals surface area contributed by atoms with Gasteiger partial charge in [0.15, 0.2) is 14.6 Å². The van der Waals surface area contributed by atoms with E-state index in [1.807, 2.05) is 0 Å². The summed E-state index contributed by atoms with van der Waals surface area (Å²) in [6, 6.07) is 4.60. The summed E-state index contributed by atoms with van der Waals surface area (Å²) >= 11 is 0. The number of rotatable bonds is 4. The first-order chi connectivity index (χ1) is 8.17. The smallest absolute Gasteiger partial charge is 0.192 e. The van der Waals surface area contributed by atoms with Gasteiger partial charge in [0.05, 0.1) is 12.2 Å². The Hall–Kier alpha value is -1.00. The third-order valence-electron chi connectivity index (χ3n) is 3.60. The summed E-state index contributed by atoms with van der Waals surface area (Å²) in [7, 11) is -1.82. The SMILES string of the molecule is CC(C)(C)[Si](C)(C)OCc1ccc(C=O)c(F)c1. The van der Waals surface area contributed by atoms with E-state index in [9.17, 15) is 9.18 Å². The Morgan fingerprint density at radius 2 is 1.94 bits per heavy atom. The van der Waals surface area contributed by atoms with Gasteiger partial charge in [0.25, 0.3) is 0 Å². The Kier molecular flexibility index (Phi) is 4.45. The lowest BCUT2D eigenvalue weighted by atomic mass is 10.1. The van der Waals surface area contributed by atoms with Crippen LogP contribution in [0.4, 0.5) is 4.39 Å². The highest BCUT2D eigenvalue weighted by Gasteiger charge is 2.36. The lowest BCUT2D eigenvalue weighted by molar-refractivity contribution is 0.111. The molecule has 0 saturated heterocycles. The summed E-state index contributed by atoms with van der Waals surface area (Å²) in [5.74, 6) is -0.485. The maximum Gasteiger partial charge on any atom is 0.192 e. The van der Waals surface area contributed by atoms with Crippen molar-refractivity contribution in [2.75, 3.05) is 0 Å². The molecule has 2 nitrogen and oxygen atoms in total. The average molecular weight is 268 g/mol. The van der Waals surface area contributed by atoms with Gasteiger partial charge in [-0.1, -0.05) is 26.8 Å². The largest absolute Gasteiger partial charge is 0.413 e. The normalized spacial score (nSPS) is 12.6. The molecule has 0 unspecified atom stereocenters. The van der Waals surface area contributed by atoms with Crippen LogP contribution in [0.3, 0.4) is 0 Å². The van der Waals surface area contributed by atoms with Crippen LogP contribution in [-0.4, -0.2) is 14.6 Å². The van der Waals surface area contributed by atoms with Gasteiger partial charge in [-0.25, -0.2) is 4.39 Å². The van der Waals surface area contributed by atoms with Crippen LogP contribution in [0.25, 0.3) is 0 Å². The summed E-state index contributed by atoms with van der Waals surface area (Å²) in [6.45, 7) is 11.2. The zero-order chi connectivity index (χ0) is 14.0. The molecule has 0 bridgehead atoms. The Morgan fingerprint density at radius 1 is 1.33 bits per heavy atom. The van der Waals surface area contributed by atoms with Crippen molar-refractivity contribution in [3.05, 3.63) is 35.1 Å². The molecule has 100 valence electrons. The second-order valence-corrected chi connectivity index (χ2v) is 10.8. The molecule has 0 aliphatic rings. The van der Waals surface area contributed by atoms with Gasteiger partial charge in [-0.2, -0.15) is 0 Å². The average Bonchev–Trinajstić information content (AvgIpc) is 2.25. The van der Waals surface area contributed by atoms with E-state index in [1.54, 1.807) is 6.07 Å². The number of hydrogen-bond acceptors (Lipinski definition) is 2. The van der Waals surface area contributed by atoms with Crippen molar-refractivity contribution < 1.29 is 13.6 Å². The number of carbonyl (C=O) groups excluding carboxylic acids is 1. The van der Waals surface area contributed by atoms with Crippen molar-refractivity contribution in [2.45, 2.75) is 45.5 Å². The van der Waals surface area contributed by atoms with Crippen LogP contribution < -0.4 is 0 Å². The number of carbonyl (C=O) groups is 1. The highest BCUT2D eigenvalue weighted by molar-refractivity contribution is 6.74. The molecule has 0 aromatic heterocycles. The molecule has 1 rings (SSSR count). The minimum Gasteiger partial charge on any atom is -0.413 e. The second-order valence-electron chi connectivity index (χ2n) is 6.02. The molecule has 0 atom stereocenters. The van der Waals surface area contributed by atoms with E-state index in [0.717, 1.165) is 5.56 Å². The molecule has 0 radical (unpaired) electrons. The first-order valence-corrected chi connectivity index (χ1v) is 8.96. The number of hydrogen-bond donors (Lipinski definition) is 0. The summed E-state index contributed by atoms with van der Waals surface area (Å²) in [6.07, 6.45) is 0.522. The van der Waals surface area contributed by atoms with Crippen molar-refractivity contribution in [1.29, 1.82) is 0 Å². The number of halogens is 1. The number of aldehydes is 1. The minimum absolute atomic E-state index is 0.0890. The van der Waals surface area contributed by atoms with Crippen LogP contribution in [-0.2, 0) is 11.0 Å². The van der Waals surface area contributed by atoms with Crippen molar-refractivity contribution >= 4 is 14.6 Å². The molecule has 0 N–H and O–H groups in total. The standard InChI is InChI=1S/C14H21FO2Si/c1-14(2,3)18(4,5)17-10-11-6-7-12(9-16)13(15)8-11/h6-9H,10H2,1-5H3. The van der Waals surface area contributed by atoms with Gasteiger partial charge >= 0.3 is 0 Å². The van der Waals surface area contributed by atoms with Crippen LogP contribution >= 0.6 is 0 Å². The first kappa shape index (κ1) is 15.1. The molecule has 18 heavy (non-hydrogen) atoms. The van der Waals surface area contributed by atoms with E-state index in [1.165, 1.54) is 12.1 Å². The number of benzene rings is 1. The van der Waals surface area contributed by atoms with E-state index >= 15 is 0 Å². The monoisotopic (exact) mass is 268 g/mol. The second kappa shape index (κ2) is 5.32. The molecule has 0 amide bonds. The highest BCUT2D eigenvalue weighted by Crippen LogP contribution is 2.37. The maximum absolute atomic E-state index is 13.4. The summed E-state index contributed by atoms with van der Waals surface area (Å²) in [5.41, 5.74) is 0.856. The minimum atomic E-state index is -1.82. The summed E-state index contributed by atoms with van der Waals surface area (Å²) in [5, 5.41) is 0.133. The molecular weight excluding hydrogens is 247 g/mol. The van der Waals surface area contributed by atoms with Crippen LogP contribution in [0.1, 0.15) is 36.7 Å². The van der Waals surface area contributed by atoms with Gasteiger partial charge in [0.1, 0.15) is 5.82 Å². The van der Waals surface area contributed by atoms with Crippen LogP contribution in [0.15, 0.2) is 18.2 Å². The summed E-state index contributed by atoms with van der Waals surface area (Å²) < 4.78 is 19.4. The van der Waals surface area contributed by atoms with Crippen LogP contribution in [0.2, 0.25) is 18.1 Å². The molecule has 0 fully saturated rings. The quantitative estimate of drug-likeness (QED) is 0.605. The topological polar surface area (TPSA) is 26.3 Å². The zero-order valence-electron chi connectivity index (χ0n) is 11.7. The Bertz CT molecular complexity index is 436. The zero-order valence-corrected chi connectivity index (χ0v) is 12.7. The molecule has 0 saturated carbocycles. The van der Waals surface area contributed by atoms with E-state index in [2.05, 4.69) is 33.9 Å². The van der Waals surface area contributed by atoms with Gasteiger partial charge in [0.2, 0.25) is 0 Å². The molecule has 1 aromatic rings. The third-order valence-corrected chi connectivity index (χ3v) is 8.08. The van der Waals surface area contributed by atoms with Gasteiger partial charge in [-0.15, -0.1) is 0 Å². The summed E-state index contributed by atoms with van der Waals surface area (Å²) in [4.78, 5) is 10.5. The Balaban J connectivity index is 2.76. The van der Waals surface area contributed by atoms with Crippen molar-refractivity contribution in [1.82, 2.24) is 0 Å².